The van der Waals surface area contributed by atoms with E-state index in [0.29, 0.717) is 5.92 Å². The second-order valence-electron chi connectivity index (χ2n) is 5.80. The Labute approximate surface area is 106 Å². The van der Waals surface area contributed by atoms with Gasteiger partial charge >= 0.3 is 0 Å². The average molecular weight is 261 g/mol. The molecule has 0 aromatic heterocycles. The minimum absolute atomic E-state index is 0.0735. The van der Waals surface area contributed by atoms with Gasteiger partial charge in [0, 0.05) is 6.04 Å². The SMILES string of the molecule is CC(C)CCC(C)NS(=O)(=O)C1CCCCC1. The highest BCUT2D eigenvalue weighted by atomic mass is 32.2. The Bertz CT molecular complexity index is 305. The van der Waals surface area contributed by atoms with Crippen LogP contribution < -0.4 is 4.72 Å². The predicted octanol–water partition coefficient (Wildman–Crippen LogP) is 3.06. The van der Waals surface area contributed by atoms with Crippen LogP contribution in [-0.4, -0.2) is 19.7 Å². The fourth-order valence-corrected chi connectivity index (χ4v) is 4.22. The molecule has 1 unspecified atom stereocenters. The molecule has 1 aliphatic carbocycles. The second kappa shape index (κ2) is 6.74. The molecule has 1 aliphatic rings. The summed E-state index contributed by atoms with van der Waals surface area (Å²) in [6.07, 6.45) is 7.00. The zero-order valence-electron chi connectivity index (χ0n) is 11.4. The summed E-state index contributed by atoms with van der Waals surface area (Å²) in [7, 11) is -3.08. The molecule has 1 rings (SSSR count). The van der Waals surface area contributed by atoms with Gasteiger partial charge in [-0.25, -0.2) is 13.1 Å². The van der Waals surface area contributed by atoms with Crippen LogP contribution >= 0.6 is 0 Å². The summed E-state index contributed by atoms with van der Waals surface area (Å²) in [5, 5.41) is -0.141. The molecule has 102 valence electrons. The van der Waals surface area contributed by atoms with Crippen molar-refractivity contribution in [2.75, 3.05) is 0 Å². The topological polar surface area (TPSA) is 46.2 Å². The summed E-state index contributed by atoms with van der Waals surface area (Å²) in [4.78, 5) is 0. The van der Waals surface area contributed by atoms with E-state index in [2.05, 4.69) is 18.6 Å². The van der Waals surface area contributed by atoms with Crippen LogP contribution in [0.2, 0.25) is 0 Å². The van der Waals surface area contributed by atoms with E-state index in [0.717, 1.165) is 38.5 Å². The third kappa shape index (κ3) is 5.38. The summed E-state index contributed by atoms with van der Waals surface area (Å²) in [5.41, 5.74) is 0. The van der Waals surface area contributed by atoms with Gasteiger partial charge in [-0.05, 0) is 38.5 Å². The van der Waals surface area contributed by atoms with E-state index in [4.69, 9.17) is 0 Å². The standard InChI is InChI=1S/C13H27NO2S/c1-11(2)9-10-12(3)14-17(15,16)13-7-5-4-6-8-13/h11-14H,4-10H2,1-3H3. The summed E-state index contributed by atoms with van der Waals surface area (Å²) in [6, 6.07) is 0.0735. The van der Waals surface area contributed by atoms with Crippen LogP contribution in [0.4, 0.5) is 0 Å². The first-order valence-corrected chi connectivity index (χ1v) is 8.47. The molecular formula is C13H27NO2S. The van der Waals surface area contributed by atoms with Crippen molar-refractivity contribution in [3.05, 3.63) is 0 Å². The lowest BCUT2D eigenvalue weighted by atomic mass is 10.0. The summed E-state index contributed by atoms with van der Waals surface area (Å²) < 4.78 is 27.1. The molecule has 1 saturated carbocycles. The van der Waals surface area contributed by atoms with E-state index in [1.807, 2.05) is 6.92 Å². The van der Waals surface area contributed by atoms with E-state index >= 15 is 0 Å². The van der Waals surface area contributed by atoms with Gasteiger partial charge in [-0.2, -0.15) is 0 Å². The van der Waals surface area contributed by atoms with Gasteiger partial charge < -0.3 is 0 Å². The molecule has 4 heteroatoms. The van der Waals surface area contributed by atoms with Crippen LogP contribution in [0.3, 0.4) is 0 Å². The molecule has 17 heavy (non-hydrogen) atoms. The smallest absolute Gasteiger partial charge is 0.212 e. The molecule has 0 spiro atoms. The lowest BCUT2D eigenvalue weighted by Gasteiger charge is -2.24. The van der Waals surface area contributed by atoms with Gasteiger partial charge in [0.2, 0.25) is 10.0 Å². The maximum Gasteiger partial charge on any atom is 0.214 e. The number of hydrogen-bond acceptors (Lipinski definition) is 2. The quantitative estimate of drug-likeness (QED) is 0.798. The van der Waals surface area contributed by atoms with Gasteiger partial charge in [0.25, 0.3) is 0 Å². The van der Waals surface area contributed by atoms with Crippen LogP contribution in [0.25, 0.3) is 0 Å². The normalized spacial score (nSPS) is 20.7. The van der Waals surface area contributed by atoms with E-state index in [9.17, 15) is 8.42 Å². The van der Waals surface area contributed by atoms with Crippen molar-refractivity contribution in [2.24, 2.45) is 5.92 Å². The molecule has 0 aromatic carbocycles. The number of hydrogen-bond donors (Lipinski definition) is 1. The van der Waals surface area contributed by atoms with Crippen molar-refractivity contribution < 1.29 is 8.42 Å². The lowest BCUT2D eigenvalue weighted by Crippen LogP contribution is -2.40. The van der Waals surface area contributed by atoms with Crippen LogP contribution in [0.5, 0.6) is 0 Å². The molecule has 0 heterocycles. The van der Waals surface area contributed by atoms with Crippen molar-refractivity contribution in [1.82, 2.24) is 4.72 Å². The summed E-state index contributed by atoms with van der Waals surface area (Å²) in [6.45, 7) is 6.31. The maximum atomic E-state index is 12.1. The summed E-state index contributed by atoms with van der Waals surface area (Å²) >= 11 is 0. The van der Waals surface area contributed by atoms with Crippen LogP contribution in [-0.2, 0) is 10.0 Å². The van der Waals surface area contributed by atoms with Gasteiger partial charge in [-0.3, -0.25) is 0 Å². The Balaban J connectivity index is 2.42. The minimum Gasteiger partial charge on any atom is -0.212 e. The first-order valence-electron chi connectivity index (χ1n) is 6.93. The van der Waals surface area contributed by atoms with Crippen LogP contribution in [0, 0.1) is 5.92 Å². The Morgan fingerprint density at radius 3 is 2.18 bits per heavy atom. The molecule has 3 nitrogen and oxygen atoms in total. The second-order valence-corrected chi connectivity index (χ2v) is 7.79. The molecule has 0 bridgehead atoms. The number of sulfonamides is 1. The van der Waals surface area contributed by atoms with E-state index < -0.39 is 10.0 Å². The molecule has 1 atom stereocenters. The van der Waals surface area contributed by atoms with E-state index in [1.54, 1.807) is 0 Å². The van der Waals surface area contributed by atoms with Crippen molar-refractivity contribution in [3.8, 4) is 0 Å². The molecule has 0 aliphatic heterocycles. The monoisotopic (exact) mass is 261 g/mol. The largest absolute Gasteiger partial charge is 0.214 e. The highest BCUT2D eigenvalue weighted by Gasteiger charge is 2.28. The summed E-state index contributed by atoms with van der Waals surface area (Å²) in [5.74, 6) is 0.636. The van der Waals surface area contributed by atoms with Crippen LogP contribution in [0.15, 0.2) is 0 Å². The highest BCUT2D eigenvalue weighted by molar-refractivity contribution is 7.90. The third-order valence-electron chi connectivity index (χ3n) is 3.53. The fraction of sp³-hybridized carbons (Fsp3) is 1.00. The third-order valence-corrected chi connectivity index (χ3v) is 5.61. The Morgan fingerprint density at radius 1 is 1.06 bits per heavy atom. The van der Waals surface area contributed by atoms with Gasteiger partial charge in [0.15, 0.2) is 0 Å². The average Bonchev–Trinajstić information content (AvgIpc) is 2.27. The molecule has 0 radical (unpaired) electrons. The highest BCUT2D eigenvalue weighted by Crippen LogP contribution is 2.23. The lowest BCUT2D eigenvalue weighted by molar-refractivity contribution is 0.456. The van der Waals surface area contributed by atoms with Crippen molar-refractivity contribution >= 4 is 10.0 Å². The van der Waals surface area contributed by atoms with Gasteiger partial charge in [0.1, 0.15) is 0 Å². The zero-order chi connectivity index (χ0) is 12.9. The molecule has 0 amide bonds. The van der Waals surface area contributed by atoms with Crippen molar-refractivity contribution in [2.45, 2.75) is 77.0 Å². The number of rotatable bonds is 6. The van der Waals surface area contributed by atoms with Gasteiger partial charge in [0.05, 0.1) is 5.25 Å². The molecule has 0 aromatic rings. The molecule has 1 N–H and O–H groups in total. The Morgan fingerprint density at radius 2 is 1.65 bits per heavy atom. The minimum atomic E-state index is -3.08. The Kier molecular flexibility index (Phi) is 5.93. The molecular weight excluding hydrogens is 234 g/mol. The van der Waals surface area contributed by atoms with E-state index in [-0.39, 0.29) is 11.3 Å². The van der Waals surface area contributed by atoms with Crippen LogP contribution in [0.1, 0.15) is 65.7 Å². The molecule has 1 fully saturated rings. The number of nitrogens with one attached hydrogen (secondary N) is 1. The van der Waals surface area contributed by atoms with Crippen molar-refractivity contribution in [1.29, 1.82) is 0 Å². The first kappa shape index (κ1) is 15.0. The van der Waals surface area contributed by atoms with Crippen molar-refractivity contribution in [3.63, 3.8) is 0 Å². The van der Waals surface area contributed by atoms with E-state index in [1.165, 1.54) is 6.42 Å². The fourth-order valence-electron chi connectivity index (χ4n) is 2.39. The first-order chi connectivity index (χ1) is 7.92. The predicted molar refractivity (Wildman–Crippen MR) is 72.5 cm³/mol. The van der Waals surface area contributed by atoms with Gasteiger partial charge in [-0.15, -0.1) is 0 Å². The molecule has 0 saturated heterocycles. The maximum absolute atomic E-state index is 12.1. The zero-order valence-corrected chi connectivity index (χ0v) is 12.2. The Hall–Kier alpha value is -0.0900. The van der Waals surface area contributed by atoms with Gasteiger partial charge in [-0.1, -0.05) is 33.1 Å².